The summed E-state index contributed by atoms with van der Waals surface area (Å²) in [5, 5.41) is 9.94. The molecule has 0 saturated heterocycles. The number of aromatic nitrogens is 1. The minimum absolute atomic E-state index is 0.697. The van der Waals surface area contributed by atoms with Crippen LogP contribution in [-0.2, 0) is 6.42 Å². The Bertz CT molecular complexity index is 550. The summed E-state index contributed by atoms with van der Waals surface area (Å²) in [6, 6.07) is 9.89. The second kappa shape index (κ2) is 3.70. The number of pyridine rings is 1. The molecular formula is C13H12N2. The number of nitriles is 1. The van der Waals surface area contributed by atoms with Gasteiger partial charge in [-0.1, -0.05) is 6.92 Å². The van der Waals surface area contributed by atoms with Gasteiger partial charge in [0.25, 0.3) is 0 Å². The van der Waals surface area contributed by atoms with Crippen molar-refractivity contribution in [3.05, 3.63) is 41.1 Å². The molecule has 1 aromatic carbocycles. The van der Waals surface area contributed by atoms with Gasteiger partial charge in [-0.3, -0.25) is 4.98 Å². The highest BCUT2D eigenvalue weighted by atomic mass is 14.7. The number of aryl methyl sites for hydroxylation is 2. The third kappa shape index (κ3) is 1.69. The number of nitrogens with zero attached hydrogens (tertiary/aromatic N) is 2. The molecule has 0 radical (unpaired) electrons. The second-order valence-corrected chi connectivity index (χ2v) is 3.62. The fourth-order valence-corrected chi connectivity index (χ4v) is 1.80. The molecule has 0 unspecified atom stereocenters. The number of benzene rings is 1. The highest BCUT2D eigenvalue weighted by Gasteiger charge is 2.03. The van der Waals surface area contributed by atoms with Gasteiger partial charge in [-0.25, -0.2) is 0 Å². The van der Waals surface area contributed by atoms with Gasteiger partial charge in [-0.2, -0.15) is 5.26 Å². The molecule has 0 fully saturated rings. The Morgan fingerprint density at radius 2 is 2.13 bits per heavy atom. The quantitative estimate of drug-likeness (QED) is 0.703. The Labute approximate surface area is 89.2 Å². The van der Waals surface area contributed by atoms with Crippen molar-refractivity contribution in [1.82, 2.24) is 4.98 Å². The second-order valence-electron chi connectivity index (χ2n) is 3.62. The average Bonchev–Trinajstić information content (AvgIpc) is 2.27. The van der Waals surface area contributed by atoms with Crippen molar-refractivity contribution in [3.63, 3.8) is 0 Å². The molecule has 0 bridgehead atoms. The zero-order valence-electron chi connectivity index (χ0n) is 8.91. The summed E-state index contributed by atoms with van der Waals surface area (Å²) in [6.45, 7) is 4.12. The summed E-state index contributed by atoms with van der Waals surface area (Å²) < 4.78 is 0. The zero-order valence-corrected chi connectivity index (χ0v) is 8.91. The van der Waals surface area contributed by atoms with Crippen molar-refractivity contribution in [1.29, 1.82) is 5.26 Å². The first-order valence-corrected chi connectivity index (χ1v) is 5.05. The highest BCUT2D eigenvalue weighted by molar-refractivity contribution is 5.83. The van der Waals surface area contributed by atoms with E-state index in [1.165, 1.54) is 5.56 Å². The van der Waals surface area contributed by atoms with Crippen LogP contribution in [0.3, 0.4) is 0 Å². The molecule has 0 amide bonds. The third-order valence-electron chi connectivity index (χ3n) is 2.53. The summed E-state index contributed by atoms with van der Waals surface area (Å²) in [5.74, 6) is 0. The first kappa shape index (κ1) is 9.67. The molecule has 0 atom stereocenters. The monoisotopic (exact) mass is 196 g/mol. The van der Waals surface area contributed by atoms with Gasteiger partial charge in [0.05, 0.1) is 17.1 Å². The van der Waals surface area contributed by atoms with Crippen LogP contribution in [0.25, 0.3) is 10.9 Å². The summed E-state index contributed by atoms with van der Waals surface area (Å²) in [7, 11) is 0. The highest BCUT2D eigenvalue weighted by Crippen LogP contribution is 2.20. The van der Waals surface area contributed by atoms with Gasteiger partial charge in [0.15, 0.2) is 0 Å². The summed E-state index contributed by atoms with van der Waals surface area (Å²) in [5.41, 5.74) is 3.97. The topological polar surface area (TPSA) is 36.7 Å². The fraction of sp³-hybridized carbons (Fsp3) is 0.231. The van der Waals surface area contributed by atoms with E-state index in [0.717, 1.165) is 23.0 Å². The van der Waals surface area contributed by atoms with Crippen molar-refractivity contribution in [2.24, 2.45) is 0 Å². The van der Waals surface area contributed by atoms with Crippen LogP contribution in [-0.4, -0.2) is 4.98 Å². The number of rotatable bonds is 1. The summed E-state index contributed by atoms with van der Waals surface area (Å²) in [6.07, 6.45) is 0.967. The van der Waals surface area contributed by atoms with Gasteiger partial charge >= 0.3 is 0 Å². The lowest BCUT2D eigenvalue weighted by atomic mass is 10.0. The normalized spacial score (nSPS) is 10.2. The van der Waals surface area contributed by atoms with Crippen LogP contribution in [0.15, 0.2) is 24.3 Å². The molecule has 1 aromatic heterocycles. The van der Waals surface area contributed by atoms with Gasteiger partial charge in [0, 0.05) is 11.1 Å². The Kier molecular flexibility index (Phi) is 2.39. The minimum Gasteiger partial charge on any atom is -0.253 e. The van der Waals surface area contributed by atoms with Crippen LogP contribution in [0, 0.1) is 18.3 Å². The molecule has 2 nitrogen and oxygen atoms in total. The maximum atomic E-state index is 8.84. The van der Waals surface area contributed by atoms with Crippen LogP contribution in [0.4, 0.5) is 0 Å². The predicted octanol–water partition coefficient (Wildman–Crippen LogP) is 2.98. The largest absolute Gasteiger partial charge is 0.253 e. The van der Waals surface area contributed by atoms with Crippen molar-refractivity contribution >= 4 is 10.9 Å². The number of hydrogen-bond acceptors (Lipinski definition) is 2. The smallest absolute Gasteiger partial charge is 0.0991 e. The van der Waals surface area contributed by atoms with E-state index in [1.807, 2.05) is 25.1 Å². The van der Waals surface area contributed by atoms with E-state index in [0.29, 0.717) is 5.56 Å². The summed E-state index contributed by atoms with van der Waals surface area (Å²) in [4.78, 5) is 4.45. The van der Waals surface area contributed by atoms with Crippen molar-refractivity contribution < 1.29 is 0 Å². The molecule has 2 heteroatoms. The van der Waals surface area contributed by atoms with Crippen molar-refractivity contribution in [2.75, 3.05) is 0 Å². The van der Waals surface area contributed by atoms with Crippen LogP contribution in [0.2, 0.25) is 0 Å². The maximum Gasteiger partial charge on any atom is 0.0991 e. The van der Waals surface area contributed by atoms with Crippen LogP contribution in [0.1, 0.15) is 23.7 Å². The van der Waals surface area contributed by atoms with E-state index in [4.69, 9.17) is 5.26 Å². The lowest BCUT2D eigenvalue weighted by molar-refractivity contribution is 1.12. The zero-order chi connectivity index (χ0) is 10.8. The van der Waals surface area contributed by atoms with Crippen LogP contribution >= 0.6 is 0 Å². The Hall–Kier alpha value is -1.88. The molecule has 74 valence electrons. The fourth-order valence-electron chi connectivity index (χ4n) is 1.80. The Morgan fingerprint density at radius 3 is 2.80 bits per heavy atom. The molecule has 1 heterocycles. The van der Waals surface area contributed by atoms with Gasteiger partial charge < -0.3 is 0 Å². The average molecular weight is 196 g/mol. The van der Waals surface area contributed by atoms with Crippen LogP contribution in [0.5, 0.6) is 0 Å². The third-order valence-corrected chi connectivity index (χ3v) is 2.53. The van der Waals surface area contributed by atoms with E-state index >= 15 is 0 Å². The first-order valence-electron chi connectivity index (χ1n) is 5.05. The molecule has 2 rings (SSSR count). The first-order chi connectivity index (χ1) is 7.24. The van der Waals surface area contributed by atoms with E-state index in [-0.39, 0.29) is 0 Å². The Balaban J connectivity index is 2.80. The van der Waals surface area contributed by atoms with Gasteiger partial charge in [0.1, 0.15) is 0 Å². The SMILES string of the molecule is CCc1cc(C)nc2ccc(C#N)cc12. The van der Waals surface area contributed by atoms with E-state index < -0.39 is 0 Å². The molecule has 15 heavy (non-hydrogen) atoms. The van der Waals surface area contributed by atoms with E-state index in [2.05, 4.69) is 24.0 Å². The number of fused-ring (bicyclic) bond motifs is 1. The molecule has 2 aromatic rings. The molecule has 0 saturated carbocycles. The van der Waals surface area contributed by atoms with Crippen LogP contribution < -0.4 is 0 Å². The van der Waals surface area contributed by atoms with Crippen molar-refractivity contribution in [2.45, 2.75) is 20.3 Å². The van der Waals surface area contributed by atoms with Crippen molar-refractivity contribution in [3.8, 4) is 6.07 Å². The molecular weight excluding hydrogens is 184 g/mol. The predicted molar refractivity (Wildman–Crippen MR) is 60.6 cm³/mol. The van der Waals surface area contributed by atoms with Gasteiger partial charge in [-0.05, 0) is 43.2 Å². The van der Waals surface area contributed by atoms with Gasteiger partial charge in [0.2, 0.25) is 0 Å². The molecule has 0 spiro atoms. The minimum atomic E-state index is 0.697. The van der Waals surface area contributed by atoms with E-state index in [1.54, 1.807) is 0 Å². The number of hydrogen-bond donors (Lipinski definition) is 0. The Morgan fingerprint density at radius 1 is 1.33 bits per heavy atom. The molecule has 0 N–H and O–H groups in total. The standard InChI is InChI=1S/C13H12N2/c1-3-11-6-9(2)15-13-5-4-10(8-14)7-12(11)13/h4-7H,3H2,1-2H3. The maximum absolute atomic E-state index is 8.84. The molecule has 0 aliphatic carbocycles. The molecule has 0 aliphatic heterocycles. The van der Waals surface area contributed by atoms with Gasteiger partial charge in [-0.15, -0.1) is 0 Å². The van der Waals surface area contributed by atoms with E-state index in [9.17, 15) is 0 Å². The summed E-state index contributed by atoms with van der Waals surface area (Å²) >= 11 is 0. The lowest BCUT2D eigenvalue weighted by Gasteiger charge is -2.05. The molecule has 0 aliphatic rings. The lowest BCUT2D eigenvalue weighted by Crippen LogP contribution is -1.91.